The Kier molecular flexibility index (Phi) is 9.04. The SMILES string of the molecule is CCOc1ccc(Cl)cc1S(=O)(=O)N1CCC(C(=O)NCCc2ccc(OC)c(OC)c2)CC1. The van der Waals surface area contributed by atoms with Crippen LogP contribution in [0.2, 0.25) is 5.02 Å². The van der Waals surface area contributed by atoms with Crippen LogP contribution in [0, 0.1) is 5.92 Å². The van der Waals surface area contributed by atoms with Crippen LogP contribution in [0.1, 0.15) is 25.3 Å². The summed E-state index contributed by atoms with van der Waals surface area (Å²) in [5.41, 5.74) is 1.02. The number of carbonyl (C=O) groups excluding carboxylic acids is 1. The molecule has 0 bridgehead atoms. The number of nitrogens with one attached hydrogen (secondary N) is 1. The minimum atomic E-state index is -3.78. The molecule has 0 saturated carbocycles. The maximum atomic E-state index is 13.2. The molecule has 3 rings (SSSR count). The Labute approximate surface area is 206 Å². The zero-order valence-corrected chi connectivity index (χ0v) is 21.2. The van der Waals surface area contributed by atoms with Crippen LogP contribution >= 0.6 is 11.6 Å². The van der Waals surface area contributed by atoms with Gasteiger partial charge < -0.3 is 19.5 Å². The molecule has 1 saturated heterocycles. The van der Waals surface area contributed by atoms with Crippen molar-refractivity contribution < 1.29 is 27.4 Å². The highest BCUT2D eigenvalue weighted by Gasteiger charge is 2.33. The predicted octanol–water partition coefficient (Wildman–Crippen LogP) is 3.52. The number of nitrogens with zero attached hydrogens (tertiary/aromatic N) is 1. The van der Waals surface area contributed by atoms with Gasteiger partial charge in [-0.05, 0) is 62.1 Å². The quantitative estimate of drug-likeness (QED) is 0.525. The van der Waals surface area contributed by atoms with Crippen LogP contribution in [0.25, 0.3) is 0 Å². The first-order valence-corrected chi connectivity index (χ1v) is 13.0. The first-order valence-electron chi connectivity index (χ1n) is 11.2. The topological polar surface area (TPSA) is 94.2 Å². The minimum absolute atomic E-state index is 0.0553. The van der Waals surface area contributed by atoms with Crippen LogP contribution in [0.4, 0.5) is 0 Å². The van der Waals surface area contributed by atoms with Gasteiger partial charge in [0.15, 0.2) is 11.5 Å². The summed E-state index contributed by atoms with van der Waals surface area (Å²) in [4.78, 5) is 12.7. The lowest BCUT2D eigenvalue weighted by molar-refractivity contribution is -0.126. The molecule has 1 aliphatic rings. The van der Waals surface area contributed by atoms with Crippen molar-refractivity contribution in [2.24, 2.45) is 5.92 Å². The van der Waals surface area contributed by atoms with E-state index >= 15 is 0 Å². The van der Waals surface area contributed by atoms with Gasteiger partial charge in [0.25, 0.3) is 0 Å². The highest BCUT2D eigenvalue weighted by Crippen LogP contribution is 2.32. The van der Waals surface area contributed by atoms with E-state index < -0.39 is 10.0 Å². The first kappa shape index (κ1) is 26.1. The van der Waals surface area contributed by atoms with E-state index in [9.17, 15) is 13.2 Å². The number of benzene rings is 2. The third kappa shape index (κ3) is 6.14. The minimum Gasteiger partial charge on any atom is -0.493 e. The molecule has 1 aliphatic heterocycles. The zero-order chi connectivity index (χ0) is 24.7. The fourth-order valence-electron chi connectivity index (χ4n) is 3.97. The second-order valence-corrected chi connectivity index (χ2v) is 10.3. The molecule has 2 aromatic carbocycles. The number of amides is 1. The van der Waals surface area contributed by atoms with Crippen molar-refractivity contribution in [2.75, 3.05) is 40.5 Å². The fourth-order valence-corrected chi connectivity index (χ4v) is 5.83. The van der Waals surface area contributed by atoms with Gasteiger partial charge >= 0.3 is 0 Å². The Morgan fingerprint density at radius 1 is 1.06 bits per heavy atom. The van der Waals surface area contributed by atoms with Crippen molar-refractivity contribution in [3.63, 3.8) is 0 Å². The molecule has 1 N–H and O–H groups in total. The number of sulfonamides is 1. The molecule has 0 spiro atoms. The van der Waals surface area contributed by atoms with E-state index in [2.05, 4.69) is 5.32 Å². The van der Waals surface area contributed by atoms with Crippen molar-refractivity contribution in [3.05, 3.63) is 47.0 Å². The molecule has 0 radical (unpaired) electrons. The molecule has 10 heteroatoms. The molecular formula is C24H31ClN2O6S. The lowest BCUT2D eigenvalue weighted by Gasteiger charge is -2.31. The Hall–Kier alpha value is -2.49. The number of rotatable bonds is 10. The molecule has 2 aromatic rings. The molecule has 0 unspecified atom stereocenters. The molecule has 0 aliphatic carbocycles. The van der Waals surface area contributed by atoms with Gasteiger partial charge in [-0.2, -0.15) is 4.31 Å². The molecule has 1 amide bonds. The zero-order valence-electron chi connectivity index (χ0n) is 19.7. The molecular weight excluding hydrogens is 480 g/mol. The molecule has 8 nitrogen and oxygen atoms in total. The lowest BCUT2D eigenvalue weighted by Crippen LogP contribution is -2.43. The third-order valence-corrected chi connectivity index (χ3v) is 7.96. The standard InChI is InChI=1S/C24H31ClN2O6S/c1-4-33-21-8-6-19(25)16-23(21)34(29,30)27-13-10-18(11-14-27)24(28)26-12-9-17-5-7-20(31-2)22(15-17)32-3/h5-8,15-16,18H,4,9-14H2,1-3H3,(H,26,28). The third-order valence-electron chi connectivity index (χ3n) is 5.81. The molecule has 34 heavy (non-hydrogen) atoms. The van der Waals surface area contributed by atoms with E-state index in [0.29, 0.717) is 48.9 Å². The number of hydrogen-bond acceptors (Lipinski definition) is 6. The monoisotopic (exact) mass is 510 g/mol. The van der Waals surface area contributed by atoms with E-state index in [4.69, 9.17) is 25.8 Å². The van der Waals surface area contributed by atoms with Crippen LogP contribution in [0.15, 0.2) is 41.3 Å². The normalized spacial score (nSPS) is 15.1. The molecule has 0 aromatic heterocycles. The number of ether oxygens (including phenoxy) is 3. The summed E-state index contributed by atoms with van der Waals surface area (Å²) in [6, 6.07) is 10.2. The Bertz CT molecular complexity index is 1100. The smallest absolute Gasteiger partial charge is 0.246 e. The largest absolute Gasteiger partial charge is 0.493 e. The summed E-state index contributed by atoms with van der Waals surface area (Å²) in [6.07, 6.45) is 1.55. The predicted molar refractivity (Wildman–Crippen MR) is 130 cm³/mol. The van der Waals surface area contributed by atoms with Gasteiger partial charge in [-0.1, -0.05) is 17.7 Å². The van der Waals surface area contributed by atoms with Gasteiger partial charge in [-0.3, -0.25) is 4.79 Å². The number of hydrogen-bond donors (Lipinski definition) is 1. The van der Waals surface area contributed by atoms with Crippen LogP contribution in [0.5, 0.6) is 17.2 Å². The highest BCUT2D eigenvalue weighted by molar-refractivity contribution is 7.89. The number of piperidine rings is 1. The maximum absolute atomic E-state index is 13.2. The molecule has 186 valence electrons. The van der Waals surface area contributed by atoms with E-state index in [-0.39, 0.29) is 35.6 Å². The Morgan fingerprint density at radius 2 is 1.74 bits per heavy atom. The first-order chi connectivity index (χ1) is 16.3. The molecule has 1 heterocycles. The second kappa shape index (κ2) is 11.8. The van der Waals surface area contributed by atoms with Crippen molar-refractivity contribution in [1.29, 1.82) is 0 Å². The summed E-state index contributed by atoms with van der Waals surface area (Å²) in [6.45, 7) is 3.13. The van der Waals surface area contributed by atoms with Gasteiger partial charge in [0.05, 0.1) is 20.8 Å². The van der Waals surface area contributed by atoms with Gasteiger partial charge in [0.1, 0.15) is 10.6 Å². The van der Waals surface area contributed by atoms with Gasteiger partial charge in [-0.25, -0.2) is 8.42 Å². The summed E-state index contributed by atoms with van der Waals surface area (Å²) >= 11 is 6.05. The van der Waals surface area contributed by atoms with Crippen molar-refractivity contribution in [1.82, 2.24) is 9.62 Å². The fraction of sp³-hybridized carbons (Fsp3) is 0.458. The van der Waals surface area contributed by atoms with Gasteiger partial charge in [0, 0.05) is 30.6 Å². The van der Waals surface area contributed by atoms with Gasteiger partial charge in [0.2, 0.25) is 15.9 Å². The Balaban J connectivity index is 1.54. The van der Waals surface area contributed by atoms with E-state index in [0.717, 1.165) is 5.56 Å². The summed E-state index contributed by atoms with van der Waals surface area (Å²) in [5.74, 6) is 1.29. The number of halogens is 1. The lowest BCUT2D eigenvalue weighted by atomic mass is 9.97. The maximum Gasteiger partial charge on any atom is 0.246 e. The molecule has 1 fully saturated rings. The van der Waals surface area contributed by atoms with Gasteiger partial charge in [-0.15, -0.1) is 0 Å². The van der Waals surface area contributed by atoms with E-state index in [1.807, 2.05) is 18.2 Å². The second-order valence-electron chi connectivity index (χ2n) is 7.93. The van der Waals surface area contributed by atoms with Crippen molar-refractivity contribution >= 4 is 27.5 Å². The number of carbonyl (C=O) groups is 1. The average Bonchev–Trinajstić information content (AvgIpc) is 2.85. The highest BCUT2D eigenvalue weighted by atomic mass is 35.5. The molecule has 0 atom stereocenters. The van der Waals surface area contributed by atoms with E-state index in [1.165, 1.54) is 10.4 Å². The van der Waals surface area contributed by atoms with E-state index in [1.54, 1.807) is 33.3 Å². The van der Waals surface area contributed by atoms with Crippen LogP contribution in [-0.2, 0) is 21.2 Å². The summed E-state index contributed by atoms with van der Waals surface area (Å²) < 4.78 is 43.9. The van der Waals surface area contributed by atoms with Crippen molar-refractivity contribution in [2.45, 2.75) is 31.1 Å². The summed E-state index contributed by atoms with van der Waals surface area (Å²) in [5, 5.41) is 3.29. The van der Waals surface area contributed by atoms with Crippen LogP contribution < -0.4 is 19.5 Å². The van der Waals surface area contributed by atoms with Crippen LogP contribution in [0.3, 0.4) is 0 Å². The summed E-state index contributed by atoms with van der Waals surface area (Å²) in [7, 11) is -0.614. The Morgan fingerprint density at radius 3 is 2.38 bits per heavy atom. The van der Waals surface area contributed by atoms with Crippen LogP contribution in [-0.4, -0.2) is 59.1 Å². The average molecular weight is 511 g/mol. The number of methoxy groups -OCH3 is 2. The van der Waals surface area contributed by atoms with Crippen molar-refractivity contribution in [3.8, 4) is 17.2 Å².